The number of piperazine rings is 1. The van der Waals surface area contributed by atoms with Gasteiger partial charge in [-0.05, 0) is 43.5 Å². The van der Waals surface area contributed by atoms with Gasteiger partial charge in [0.05, 0.1) is 0 Å². The summed E-state index contributed by atoms with van der Waals surface area (Å²) in [7, 11) is 0. The maximum atomic E-state index is 12.4. The molecular weight excluding hydrogens is 292 g/mol. The first-order valence-corrected chi connectivity index (χ1v) is 8.41. The fourth-order valence-electron chi connectivity index (χ4n) is 2.66. The molecule has 1 aromatic carbocycles. The fourth-order valence-corrected chi connectivity index (χ4v) is 2.66. The van der Waals surface area contributed by atoms with Crippen molar-refractivity contribution in [1.29, 1.82) is 0 Å². The molecule has 0 radical (unpaired) electrons. The average molecular weight is 320 g/mol. The summed E-state index contributed by atoms with van der Waals surface area (Å²) in [5.74, 6) is 0.945. The van der Waals surface area contributed by atoms with Crippen LogP contribution >= 0.6 is 0 Å². The van der Waals surface area contributed by atoms with E-state index in [1.165, 1.54) is 0 Å². The van der Waals surface area contributed by atoms with Gasteiger partial charge in [-0.25, -0.2) is 0 Å². The number of benzene rings is 1. The first kappa shape index (κ1) is 17.6. The van der Waals surface area contributed by atoms with E-state index in [2.05, 4.69) is 18.7 Å². The molecule has 1 fully saturated rings. The Hall–Kier alpha value is -1.75. The van der Waals surface area contributed by atoms with Crippen molar-refractivity contribution in [3.63, 3.8) is 0 Å². The second-order valence-electron chi connectivity index (χ2n) is 6.52. The summed E-state index contributed by atoms with van der Waals surface area (Å²) in [6, 6.07) is 7.20. The Kier molecular flexibility index (Phi) is 6.28. The minimum atomic E-state index is -0.367. The molecule has 2 rings (SSSR count). The average Bonchev–Trinajstić information content (AvgIpc) is 2.54. The van der Waals surface area contributed by atoms with Crippen LogP contribution in [0.3, 0.4) is 0 Å². The zero-order chi connectivity index (χ0) is 16.8. The molecule has 0 bridgehead atoms. The minimum Gasteiger partial charge on any atom is -0.508 e. The van der Waals surface area contributed by atoms with Crippen molar-refractivity contribution in [2.45, 2.75) is 33.3 Å². The van der Waals surface area contributed by atoms with Crippen LogP contribution in [0.25, 0.3) is 0 Å². The summed E-state index contributed by atoms with van der Waals surface area (Å²) in [6.07, 6.45) is 0.612. The number of hydrogen-bond donors (Lipinski definition) is 1. The van der Waals surface area contributed by atoms with E-state index in [1.807, 2.05) is 24.0 Å². The monoisotopic (exact) mass is 320 g/mol. The highest BCUT2D eigenvalue weighted by Gasteiger charge is 2.25. The third-order valence-electron chi connectivity index (χ3n) is 4.22. The molecule has 1 heterocycles. The molecule has 1 aromatic rings. The van der Waals surface area contributed by atoms with Crippen molar-refractivity contribution in [1.82, 2.24) is 4.90 Å². The standard InChI is InChI=1S/C18H28N2O3/c1-14(2)8-13-23-15(3)18(22)20-11-9-19(10-12-20)16-4-6-17(21)7-5-16/h4-7,14-15,21H,8-13H2,1-3H3. The highest BCUT2D eigenvalue weighted by molar-refractivity contribution is 5.80. The maximum absolute atomic E-state index is 12.4. The Bertz CT molecular complexity index is 493. The first-order valence-electron chi connectivity index (χ1n) is 8.41. The van der Waals surface area contributed by atoms with Crippen LogP contribution in [0.2, 0.25) is 0 Å². The predicted octanol–water partition coefficient (Wildman–Crippen LogP) is 2.49. The molecule has 128 valence electrons. The van der Waals surface area contributed by atoms with Gasteiger partial charge in [0.15, 0.2) is 0 Å². The van der Waals surface area contributed by atoms with Gasteiger partial charge in [0.2, 0.25) is 0 Å². The van der Waals surface area contributed by atoms with Gasteiger partial charge in [0.25, 0.3) is 5.91 Å². The van der Waals surface area contributed by atoms with E-state index in [-0.39, 0.29) is 17.8 Å². The largest absolute Gasteiger partial charge is 0.508 e. The Balaban J connectivity index is 1.79. The molecule has 1 N–H and O–H groups in total. The van der Waals surface area contributed by atoms with Crippen molar-refractivity contribution in [2.24, 2.45) is 5.92 Å². The lowest BCUT2D eigenvalue weighted by Gasteiger charge is -2.37. The van der Waals surface area contributed by atoms with Gasteiger partial charge < -0.3 is 19.6 Å². The highest BCUT2D eigenvalue weighted by atomic mass is 16.5. The third kappa shape index (κ3) is 5.13. The normalized spacial score (nSPS) is 16.7. The number of rotatable bonds is 6. The Morgan fingerprint density at radius 2 is 1.74 bits per heavy atom. The summed E-state index contributed by atoms with van der Waals surface area (Å²) in [5, 5.41) is 9.35. The first-order chi connectivity index (χ1) is 11.0. The highest BCUT2D eigenvalue weighted by Crippen LogP contribution is 2.20. The molecule has 0 saturated carbocycles. The smallest absolute Gasteiger partial charge is 0.251 e. The van der Waals surface area contributed by atoms with Crippen molar-refractivity contribution in [3.8, 4) is 5.75 Å². The lowest BCUT2D eigenvalue weighted by molar-refractivity contribution is -0.143. The molecule has 1 unspecified atom stereocenters. The number of anilines is 1. The van der Waals surface area contributed by atoms with Crippen LogP contribution in [0.5, 0.6) is 5.75 Å². The second-order valence-corrected chi connectivity index (χ2v) is 6.52. The lowest BCUT2D eigenvalue weighted by atomic mass is 10.1. The molecule has 0 spiro atoms. The topological polar surface area (TPSA) is 53.0 Å². The van der Waals surface area contributed by atoms with Gasteiger partial charge in [0, 0.05) is 38.5 Å². The van der Waals surface area contributed by atoms with E-state index in [9.17, 15) is 9.90 Å². The van der Waals surface area contributed by atoms with Crippen LogP contribution in [-0.4, -0.2) is 54.8 Å². The van der Waals surface area contributed by atoms with Crippen molar-refractivity contribution in [2.75, 3.05) is 37.7 Å². The molecular formula is C18H28N2O3. The van der Waals surface area contributed by atoms with E-state index < -0.39 is 0 Å². The Morgan fingerprint density at radius 3 is 2.30 bits per heavy atom. The second kappa shape index (κ2) is 8.20. The van der Waals surface area contributed by atoms with Crippen molar-refractivity contribution < 1.29 is 14.6 Å². The summed E-state index contributed by atoms with van der Waals surface area (Å²) < 4.78 is 5.66. The van der Waals surface area contributed by atoms with Gasteiger partial charge >= 0.3 is 0 Å². The lowest BCUT2D eigenvalue weighted by Crippen LogP contribution is -2.51. The molecule has 1 amide bonds. The van der Waals surface area contributed by atoms with Crippen molar-refractivity contribution in [3.05, 3.63) is 24.3 Å². The number of aromatic hydroxyl groups is 1. The van der Waals surface area contributed by atoms with Crippen molar-refractivity contribution >= 4 is 11.6 Å². The van der Waals surface area contributed by atoms with Gasteiger partial charge in [-0.1, -0.05) is 13.8 Å². The number of carbonyl (C=O) groups is 1. The summed E-state index contributed by atoms with van der Waals surface area (Å²) >= 11 is 0. The zero-order valence-electron chi connectivity index (χ0n) is 14.4. The van der Waals surface area contributed by atoms with Gasteiger partial charge in [-0.2, -0.15) is 0 Å². The molecule has 1 saturated heterocycles. The van der Waals surface area contributed by atoms with Crippen LogP contribution in [-0.2, 0) is 9.53 Å². The minimum absolute atomic E-state index is 0.0825. The van der Waals surface area contributed by atoms with Crippen LogP contribution in [0.1, 0.15) is 27.2 Å². The van der Waals surface area contributed by atoms with E-state index in [4.69, 9.17) is 4.74 Å². The molecule has 23 heavy (non-hydrogen) atoms. The van der Waals surface area contributed by atoms with E-state index in [0.29, 0.717) is 25.6 Å². The van der Waals surface area contributed by atoms with Gasteiger partial charge in [-0.3, -0.25) is 4.79 Å². The fraction of sp³-hybridized carbons (Fsp3) is 0.611. The number of ether oxygens (including phenoxy) is 1. The number of hydrogen-bond acceptors (Lipinski definition) is 4. The molecule has 0 aliphatic carbocycles. The van der Waals surface area contributed by atoms with Crippen LogP contribution < -0.4 is 4.90 Å². The number of amides is 1. The number of phenolic OH excluding ortho intramolecular Hbond substituents is 1. The molecule has 5 nitrogen and oxygen atoms in total. The number of carbonyl (C=O) groups excluding carboxylic acids is 1. The summed E-state index contributed by atoms with van der Waals surface area (Å²) in [6.45, 7) is 9.80. The number of phenols is 1. The summed E-state index contributed by atoms with van der Waals surface area (Å²) in [5.41, 5.74) is 1.08. The zero-order valence-corrected chi connectivity index (χ0v) is 14.4. The van der Waals surface area contributed by atoms with Crippen LogP contribution in [0.4, 0.5) is 5.69 Å². The Labute approximate surface area is 138 Å². The van der Waals surface area contributed by atoms with E-state index >= 15 is 0 Å². The van der Waals surface area contributed by atoms with Crippen LogP contribution in [0.15, 0.2) is 24.3 Å². The molecule has 5 heteroatoms. The molecule has 0 aromatic heterocycles. The number of nitrogens with zero attached hydrogens (tertiary/aromatic N) is 2. The van der Waals surface area contributed by atoms with Crippen LogP contribution in [0, 0.1) is 5.92 Å². The van der Waals surface area contributed by atoms with E-state index in [0.717, 1.165) is 25.2 Å². The SMILES string of the molecule is CC(C)CCOC(C)C(=O)N1CCN(c2ccc(O)cc2)CC1. The van der Waals surface area contributed by atoms with Gasteiger partial charge in [0.1, 0.15) is 11.9 Å². The molecule has 1 atom stereocenters. The van der Waals surface area contributed by atoms with E-state index in [1.54, 1.807) is 12.1 Å². The molecule has 1 aliphatic heterocycles. The third-order valence-corrected chi connectivity index (χ3v) is 4.22. The summed E-state index contributed by atoms with van der Waals surface area (Å²) in [4.78, 5) is 16.5. The van der Waals surface area contributed by atoms with Gasteiger partial charge in [-0.15, -0.1) is 0 Å². The predicted molar refractivity (Wildman–Crippen MR) is 91.8 cm³/mol. The Morgan fingerprint density at radius 1 is 1.13 bits per heavy atom. The maximum Gasteiger partial charge on any atom is 0.251 e. The molecule has 1 aliphatic rings. The quantitative estimate of drug-likeness (QED) is 0.875.